The number of nitrogens with zero attached hydrogens (tertiary/aromatic N) is 2. The molecule has 0 spiro atoms. The second kappa shape index (κ2) is 12.9. The number of methoxy groups -OCH3 is 1. The third-order valence-corrected chi connectivity index (χ3v) is 7.38. The van der Waals surface area contributed by atoms with E-state index in [0.29, 0.717) is 11.3 Å². The highest BCUT2D eigenvalue weighted by molar-refractivity contribution is 7.92. The molecule has 0 fully saturated rings. The Morgan fingerprint density at radius 3 is 2.38 bits per heavy atom. The van der Waals surface area contributed by atoms with Crippen LogP contribution in [0.4, 0.5) is 5.82 Å². The summed E-state index contributed by atoms with van der Waals surface area (Å²) in [4.78, 5) is 8.35. The molecule has 11 nitrogen and oxygen atoms in total. The number of aromatic nitrogens is 2. The van der Waals surface area contributed by atoms with E-state index in [-0.39, 0.29) is 46.1 Å². The first-order chi connectivity index (χ1) is 18.4. The summed E-state index contributed by atoms with van der Waals surface area (Å²) in [6, 6.07) is 11.5. The first-order valence-electron chi connectivity index (χ1n) is 11.9. The van der Waals surface area contributed by atoms with Crippen LogP contribution in [0.2, 0.25) is 5.02 Å². The van der Waals surface area contributed by atoms with Gasteiger partial charge in [-0.2, -0.15) is 0 Å². The van der Waals surface area contributed by atoms with Crippen LogP contribution < -0.4 is 14.2 Å². The summed E-state index contributed by atoms with van der Waals surface area (Å²) in [6.45, 7) is 4.46. The van der Waals surface area contributed by atoms with Gasteiger partial charge in [0.25, 0.3) is 10.0 Å². The van der Waals surface area contributed by atoms with Crippen molar-refractivity contribution in [3.05, 3.63) is 65.1 Å². The lowest BCUT2D eigenvalue weighted by Crippen LogP contribution is -2.33. The molecule has 0 aliphatic carbocycles. The molecular weight excluding hydrogens is 550 g/mol. The van der Waals surface area contributed by atoms with Crippen molar-refractivity contribution in [2.45, 2.75) is 49.9 Å². The first-order valence-corrected chi connectivity index (χ1v) is 13.8. The van der Waals surface area contributed by atoms with Crippen molar-refractivity contribution in [1.82, 2.24) is 9.97 Å². The molecule has 0 amide bonds. The van der Waals surface area contributed by atoms with Gasteiger partial charge in [-0.1, -0.05) is 56.6 Å². The fourth-order valence-electron chi connectivity index (χ4n) is 3.54. The first kappa shape index (κ1) is 30.5. The number of aliphatic hydroxyl groups is 3. The van der Waals surface area contributed by atoms with Gasteiger partial charge in [0, 0.05) is 0 Å². The number of hydrogen-bond acceptors (Lipinski definition) is 10. The molecule has 39 heavy (non-hydrogen) atoms. The molecule has 212 valence electrons. The number of sulfonamides is 1. The standard InChI is InChI=1S/C26H32ClN3O8S/c1-26(2,3)16-8-5-6-11-22(16)39(34,35)30-25-24(38-21-10-7-9-20(36-4)23(21)27)17(28-15-29-25)13-37-14-19(33)18(32)12-31/h5-11,15,18-19,31-33H,12-14H2,1-4H3,(H,28,29,30). The second-order valence-electron chi connectivity index (χ2n) is 9.56. The van der Waals surface area contributed by atoms with Gasteiger partial charge in [-0.15, -0.1) is 0 Å². The van der Waals surface area contributed by atoms with Crippen LogP contribution in [-0.2, 0) is 26.8 Å². The number of halogens is 1. The van der Waals surface area contributed by atoms with E-state index in [1.165, 1.54) is 13.2 Å². The minimum Gasteiger partial charge on any atom is -0.495 e. The molecule has 0 aliphatic rings. The van der Waals surface area contributed by atoms with Gasteiger partial charge in [-0.05, 0) is 29.2 Å². The Labute approximate surface area is 232 Å². The molecule has 3 rings (SSSR count). The lowest BCUT2D eigenvalue weighted by atomic mass is 9.87. The summed E-state index contributed by atoms with van der Waals surface area (Å²) < 4.78 is 46.4. The van der Waals surface area contributed by atoms with Crippen LogP contribution in [0.5, 0.6) is 17.2 Å². The minimum atomic E-state index is -4.15. The summed E-state index contributed by atoms with van der Waals surface area (Å²) in [5.74, 6) is 0.188. The fraction of sp³-hybridized carbons (Fsp3) is 0.385. The molecule has 1 aromatic heterocycles. The molecule has 0 bridgehead atoms. The van der Waals surface area contributed by atoms with Gasteiger partial charge in [0.2, 0.25) is 0 Å². The Hall–Kier alpha value is -3.00. The van der Waals surface area contributed by atoms with Gasteiger partial charge in [0.05, 0.1) is 31.8 Å². The Morgan fingerprint density at radius 1 is 1.03 bits per heavy atom. The Bertz CT molecular complexity index is 1380. The smallest absolute Gasteiger partial charge is 0.263 e. The summed E-state index contributed by atoms with van der Waals surface area (Å²) >= 11 is 6.41. The lowest BCUT2D eigenvalue weighted by molar-refractivity contribution is -0.0606. The largest absolute Gasteiger partial charge is 0.495 e. The van der Waals surface area contributed by atoms with Crippen LogP contribution in [-0.4, -0.2) is 66.2 Å². The zero-order chi connectivity index (χ0) is 28.8. The molecule has 2 atom stereocenters. The van der Waals surface area contributed by atoms with Crippen molar-refractivity contribution in [1.29, 1.82) is 0 Å². The summed E-state index contributed by atoms with van der Waals surface area (Å²) in [7, 11) is -2.71. The molecule has 1 heterocycles. The third-order valence-electron chi connectivity index (χ3n) is 5.61. The second-order valence-corrected chi connectivity index (χ2v) is 11.6. The molecule has 2 aromatic carbocycles. The number of hydrogen-bond donors (Lipinski definition) is 4. The summed E-state index contributed by atoms with van der Waals surface area (Å²) in [5, 5.41) is 28.6. The molecule has 0 saturated carbocycles. The van der Waals surface area contributed by atoms with Crippen LogP contribution in [0.15, 0.2) is 53.7 Å². The molecule has 0 radical (unpaired) electrons. The van der Waals surface area contributed by atoms with Crippen molar-refractivity contribution in [3.63, 3.8) is 0 Å². The van der Waals surface area contributed by atoms with Crippen molar-refractivity contribution in [2.24, 2.45) is 0 Å². The topological polar surface area (TPSA) is 160 Å². The average molecular weight is 582 g/mol. The van der Waals surface area contributed by atoms with Gasteiger partial charge >= 0.3 is 0 Å². The van der Waals surface area contributed by atoms with Crippen molar-refractivity contribution in [2.75, 3.05) is 25.0 Å². The van der Waals surface area contributed by atoms with Gasteiger partial charge in [0.15, 0.2) is 11.6 Å². The van der Waals surface area contributed by atoms with Gasteiger partial charge in [-0.3, -0.25) is 4.72 Å². The molecule has 0 saturated heterocycles. The van der Waals surface area contributed by atoms with E-state index in [1.807, 2.05) is 20.8 Å². The van der Waals surface area contributed by atoms with E-state index in [9.17, 15) is 18.6 Å². The summed E-state index contributed by atoms with van der Waals surface area (Å²) in [6.07, 6.45) is -1.63. The maximum Gasteiger partial charge on any atom is 0.263 e. The third kappa shape index (κ3) is 7.56. The predicted octanol–water partition coefficient (Wildman–Crippen LogP) is 3.26. The van der Waals surface area contributed by atoms with Gasteiger partial charge in [0.1, 0.15) is 40.8 Å². The molecular formula is C26H32ClN3O8S. The fourth-order valence-corrected chi connectivity index (χ4v) is 5.22. The molecule has 0 aliphatic heterocycles. The zero-order valence-corrected chi connectivity index (χ0v) is 23.5. The predicted molar refractivity (Wildman–Crippen MR) is 145 cm³/mol. The Morgan fingerprint density at radius 2 is 1.72 bits per heavy atom. The zero-order valence-electron chi connectivity index (χ0n) is 22.0. The van der Waals surface area contributed by atoms with E-state index >= 15 is 0 Å². The maximum atomic E-state index is 13.6. The highest BCUT2D eigenvalue weighted by Gasteiger charge is 2.28. The SMILES string of the molecule is COc1cccc(Oc2c(COCC(O)C(O)CO)ncnc2NS(=O)(=O)c2ccccc2C(C)(C)C)c1Cl. The number of rotatable bonds is 12. The van der Waals surface area contributed by atoms with Crippen LogP contribution in [0.25, 0.3) is 0 Å². The minimum absolute atomic E-state index is 0.0698. The van der Waals surface area contributed by atoms with Crippen LogP contribution >= 0.6 is 11.6 Å². The molecule has 2 unspecified atom stereocenters. The Kier molecular flexibility index (Phi) is 10.1. The number of nitrogens with one attached hydrogen (secondary N) is 1. The lowest BCUT2D eigenvalue weighted by Gasteiger charge is -2.23. The van der Waals surface area contributed by atoms with E-state index in [2.05, 4.69) is 14.7 Å². The van der Waals surface area contributed by atoms with Crippen molar-refractivity contribution < 1.29 is 37.9 Å². The van der Waals surface area contributed by atoms with Crippen LogP contribution in [0, 0.1) is 0 Å². The van der Waals surface area contributed by atoms with Crippen LogP contribution in [0.3, 0.4) is 0 Å². The molecule has 4 N–H and O–H groups in total. The van der Waals surface area contributed by atoms with Gasteiger partial charge < -0.3 is 29.5 Å². The number of anilines is 1. The van der Waals surface area contributed by atoms with E-state index < -0.39 is 34.3 Å². The van der Waals surface area contributed by atoms with Gasteiger partial charge in [-0.25, -0.2) is 18.4 Å². The van der Waals surface area contributed by atoms with Crippen LogP contribution in [0.1, 0.15) is 32.0 Å². The molecule has 13 heteroatoms. The van der Waals surface area contributed by atoms with E-state index in [1.54, 1.807) is 36.4 Å². The molecule has 3 aromatic rings. The van der Waals surface area contributed by atoms with E-state index in [0.717, 1.165) is 6.33 Å². The van der Waals surface area contributed by atoms with Crippen molar-refractivity contribution in [3.8, 4) is 17.2 Å². The number of aliphatic hydroxyl groups excluding tert-OH is 3. The number of ether oxygens (including phenoxy) is 3. The highest BCUT2D eigenvalue weighted by atomic mass is 35.5. The Balaban J connectivity index is 2.03. The normalized spacial score (nSPS) is 13.5. The maximum absolute atomic E-state index is 13.6. The number of benzene rings is 2. The average Bonchev–Trinajstić information content (AvgIpc) is 2.90. The van der Waals surface area contributed by atoms with Crippen molar-refractivity contribution >= 4 is 27.4 Å². The van der Waals surface area contributed by atoms with E-state index in [4.69, 9.17) is 30.9 Å². The summed E-state index contributed by atoms with van der Waals surface area (Å²) in [5.41, 5.74) is 0.255. The highest BCUT2D eigenvalue weighted by Crippen LogP contribution is 2.40. The quantitative estimate of drug-likeness (QED) is 0.250. The monoisotopic (exact) mass is 581 g/mol.